The maximum Gasteiger partial charge on any atom is 0.255 e. The molecule has 1 atom stereocenters. The summed E-state index contributed by atoms with van der Waals surface area (Å²) in [6.45, 7) is 2.81. The summed E-state index contributed by atoms with van der Waals surface area (Å²) in [7, 11) is 0. The molecule has 3 N–H and O–H groups in total. The molecule has 5 rings (SSSR count). The second-order valence-corrected chi connectivity index (χ2v) is 8.34. The van der Waals surface area contributed by atoms with Gasteiger partial charge in [0.15, 0.2) is 0 Å². The van der Waals surface area contributed by atoms with E-state index >= 15 is 0 Å². The third-order valence-electron chi connectivity index (χ3n) is 6.35. The highest BCUT2D eigenvalue weighted by Crippen LogP contribution is 2.31. The number of nitrogens with zero attached hydrogens (tertiary/aromatic N) is 2. The van der Waals surface area contributed by atoms with Crippen LogP contribution >= 0.6 is 0 Å². The highest BCUT2D eigenvalue weighted by molar-refractivity contribution is 6.06. The van der Waals surface area contributed by atoms with Gasteiger partial charge < -0.3 is 10.6 Å². The monoisotopic (exact) mass is 404 g/mol. The number of imide groups is 1. The van der Waals surface area contributed by atoms with E-state index < -0.39 is 6.04 Å². The molecule has 0 saturated carbocycles. The Hall–Kier alpha value is -3.19. The Balaban J connectivity index is 1.36. The van der Waals surface area contributed by atoms with Crippen molar-refractivity contribution in [3.8, 4) is 0 Å². The van der Waals surface area contributed by atoms with E-state index in [2.05, 4.69) is 16.3 Å². The molecule has 7 nitrogen and oxygen atoms in total. The molecular formula is C23H24N4O3. The van der Waals surface area contributed by atoms with Crippen LogP contribution in [0.15, 0.2) is 36.4 Å². The molecule has 0 bridgehead atoms. The maximum absolute atomic E-state index is 13.3. The molecule has 0 aromatic heterocycles. The number of carbonyl (C=O) groups is 3. The van der Waals surface area contributed by atoms with Gasteiger partial charge in [0, 0.05) is 43.9 Å². The van der Waals surface area contributed by atoms with Crippen LogP contribution in [0.2, 0.25) is 0 Å². The van der Waals surface area contributed by atoms with Crippen LogP contribution in [0, 0.1) is 0 Å². The Bertz CT molecular complexity index is 1060. The number of piperidine rings is 1. The van der Waals surface area contributed by atoms with Crippen LogP contribution in [0.5, 0.6) is 0 Å². The number of anilines is 1. The Labute approximate surface area is 174 Å². The zero-order chi connectivity index (χ0) is 20.8. The Morgan fingerprint density at radius 2 is 1.87 bits per heavy atom. The highest BCUT2D eigenvalue weighted by Gasteiger charge is 2.40. The normalized spacial score (nSPS) is 21.4. The van der Waals surface area contributed by atoms with E-state index in [-0.39, 0.29) is 24.1 Å². The lowest BCUT2D eigenvalue weighted by Gasteiger charge is -2.30. The van der Waals surface area contributed by atoms with Crippen molar-refractivity contribution in [2.75, 3.05) is 12.3 Å². The second-order valence-electron chi connectivity index (χ2n) is 8.34. The van der Waals surface area contributed by atoms with Crippen molar-refractivity contribution in [3.05, 3.63) is 64.2 Å². The van der Waals surface area contributed by atoms with Crippen LogP contribution in [0.25, 0.3) is 0 Å². The molecule has 3 aliphatic heterocycles. The van der Waals surface area contributed by atoms with Crippen molar-refractivity contribution in [2.45, 2.75) is 44.9 Å². The zero-order valence-corrected chi connectivity index (χ0v) is 16.7. The van der Waals surface area contributed by atoms with E-state index in [1.165, 1.54) is 11.1 Å². The second kappa shape index (κ2) is 7.25. The lowest BCUT2D eigenvalue weighted by atomic mass is 9.97. The number of fused-ring (bicyclic) bond motifs is 2. The van der Waals surface area contributed by atoms with E-state index in [1.54, 1.807) is 4.90 Å². The SMILES string of the molecule is Nc1ccc2c(c1)CN(Cc1cccc3c1C(=O)N(C1CCC(=O)NC1=O)C3)CC2. The summed E-state index contributed by atoms with van der Waals surface area (Å²) in [5.41, 5.74) is 11.9. The van der Waals surface area contributed by atoms with Gasteiger partial charge in [0.2, 0.25) is 11.8 Å². The van der Waals surface area contributed by atoms with Crippen molar-refractivity contribution in [1.29, 1.82) is 0 Å². The van der Waals surface area contributed by atoms with Gasteiger partial charge in [-0.2, -0.15) is 0 Å². The molecule has 0 radical (unpaired) electrons. The summed E-state index contributed by atoms with van der Waals surface area (Å²) >= 11 is 0. The summed E-state index contributed by atoms with van der Waals surface area (Å²) in [5.74, 6) is -0.761. The van der Waals surface area contributed by atoms with Crippen LogP contribution in [-0.4, -0.2) is 40.1 Å². The van der Waals surface area contributed by atoms with E-state index in [0.717, 1.165) is 36.3 Å². The summed E-state index contributed by atoms with van der Waals surface area (Å²) in [6, 6.07) is 11.4. The van der Waals surface area contributed by atoms with Gasteiger partial charge in [-0.1, -0.05) is 24.3 Å². The minimum atomic E-state index is -0.583. The molecule has 0 spiro atoms. The fourth-order valence-electron chi connectivity index (χ4n) is 4.83. The first-order chi connectivity index (χ1) is 14.5. The van der Waals surface area contributed by atoms with Crippen molar-refractivity contribution in [3.63, 3.8) is 0 Å². The minimum Gasteiger partial charge on any atom is -0.399 e. The zero-order valence-electron chi connectivity index (χ0n) is 16.7. The molecule has 2 aromatic rings. The smallest absolute Gasteiger partial charge is 0.255 e. The summed E-state index contributed by atoms with van der Waals surface area (Å²) < 4.78 is 0. The van der Waals surface area contributed by atoms with Gasteiger partial charge in [-0.05, 0) is 47.2 Å². The predicted molar refractivity (Wildman–Crippen MR) is 111 cm³/mol. The van der Waals surface area contributed by atoms with Gasteiger partial charge in [-0.15, -0.1) is 0 Å². The minimum absolute atomic E-state index is 0.114. The standard InChI is InChI=1S/C23H24N4O3/c24-18-5-4-14-8-9-26(12-17(14)10-18)11-15-2-1-3-16-13-27(23(30)21(15)16)19-6-7-20(28)25-22(19)29/h1-5,10,19H,6-9,11-13,24H2,(H,25,28,29). The van der Waals surface area contributed by atoms with Crippen molar-refractivity contribution >= 4 is 23.4 Å². The molecule has 30 heavy (non-hydrogen) atoms. The molecule has 154 valence electrons. The molecular weight excluding hydrogens is 380 g/mol. The van der Waals surface area contributed by atoms with Gasteiger partial charge in [-0.3, -0.25) is 24.6 Å². The Morgan fingerprint density at radius 3 is 2.70 bits per heavy atom. The molecule has 3 amide bonds. The lowest BCUT2D eigenvalue weighted by molar-refractivity contribution is -0.136. The first-order valence-corrected chi connectivity index (χ1v) is 10.3. The Kier molecular flexibility index (Phi) is 4.55. The summed E-state index contributed by atoms with van der Waals surface area (Å²) in [4.78, 5) is 41.0. The van der Waals surface area contributed by atoms with E-state index in [4.69, 9.17) is 5.73 Å². The van der Waals surface area contributed by atoms with Gasteiger partial charge in [-0.25, -0.2) is 0 Å². The fraction of sp³-hybridized carbons (Fsp3) is 0.348. The highest BCUT2D eigenvalue weighted by atomic mass is 16.2. The number of nitrogens with one attached hydrogen (secondary N) is 1. The van der Waals surface area contributed by atoms with Gasteiger partial charge in [0.05, 0.1) is 0 Å². The number of nitrogens with two attached hydrogens (primary N) is 1. The van der Waals surface area contributed by atoms with E-state index in [9.17, 15) is 14.4 Å². The first-order valence-electron chi connectivity index (χ1n) is 10.3. The van der Waals surface area contributed by atoms with E-state index in [1.807, 2.05) is 30.3 Å². The number of rotatable bonds is 3. The largest absolute Gasteiger partial charge is 0.399 e. The van der Waals surface area contributed by atoms with Crippen LogP contribution in [-0.2, 0) is 35.6 Å². The molecule has 7 heteroatoms. The van der Waals surface area contributed by atoms with Crippen LogP contribution in [0.3, 0.4) is 0 Å². The average molecular weight is 404 g/mol. The third kappa shape index (κ3) is 3.25. The molecule has 3 aliphatic rings. The van der Waals surface area contributed by atoms with Crippen LogP contribution < -0.4 is 11.1 Å². The molecule has 1 unspecified atom stereocenters. The summed E-state index contributed by atoms with van der Waals surface area (Å²) in [5, 5.41) is 2.36. The number of nitrogen functional groups attached to an aromatic ring is 1. The van der Waals surface area contributed by atoms with Gasteiger partial charge in [0.25, 0.3) is 5.91 Å². The van der Waals surface area contributed by atoms with Crippen molar-refractivity contribution in [1.82, 2.24) is 15.1 Å². The Morgan fingerprint density at radius 1 is 1.00 bits per heavy atom. The molecule has 0 aliphatic carbocycles. The van der Waals surface area contributed by atoms with Crippen LogP contribution in [0.4, 0.5) is 5.69 Å². The lowest BCUT2D eigenvalue weighted by Crippen LogP contribution is -2.52. The maximum atomic E-state index is 13.3. The number of benzene rings is 2. The first kappa shape index (κ1) is 18.8. The average Bonchev–Trinajstić information content (AvgIpc) is 3.05. The molecule has 1 saturated heterocycles. The van der Waals surface area contributed by atoms with Gasteiger partial charge in [0.1, 0.15) is 6.04 Å². The predicted octanol–water partition coefficient (Wildman–Crippen LogP) is 1.59. The number of amides is 3. The molecule has 1 fully saturated rings. The van der Waals surface area contributed by atoms with Gasteiger partial charge >= 0.3 is 0 Å². The number of carbonyl (C=O) groups excluding carboxylic acids is 3. The van der Waals surface area contributed by atoms with E-state index in [0.29, 0.717) is 25.1 Å². The topological polar surface area (TPSA) is 95.7 Å². The van der Waals surface area contributed by atoms with Crippen LogP contribution in [0.1, 0.15) is 45.5 Å². The number of hydrogen-bond acceptors (Lipinski definition) is 5. The third-order valence-corrected chi connectivity index (χ3v) is 6.35. The fourth-order valence-corrected chi connectivity index (χ4v) is 4.83. The quantitative estimate of drug-likeness (QED) is 0.598. The molecule has 3 heterocycles. The summed E-state index contributed by atoms with van der Waals surface area (Å²) in [6.07, 6.45) is 1.60. The van der Waals surface area contributed by atoms with Crippen molar-refractivity contribution < 1.29 is 14.4 Å². The molecule has 2 aromatic carbocycles. The number of hydrogen-bond donors (Lipinski definition) is 2. The van der Waals surface area contributed by atoms with Crippen molar-refractivity contribution in [2.24, 2.45) is 0 Å².